The second-order valence-electron chi connectivity index (χ2n) is 9.18. The molecule has 1 aromatic rings. The summed E-state index contributed by atoms with van der Waals surface area (Å²) < 4.78 is 18.5. The van der Waals surface area contributed by atoms with Crippen LogP contribution in [0.15, 0.2) is 24.3 Å². The molecule has 0 radical (unpaired) electrons. The average Bonchev–Trinajstić information content (AvgIpc) is 2.61. The monoisotopic (exact) mass is 389 g/mol. The van der Waals surface area contributed by atoms with E-state index >= 15 is 0 Å². The van der Waals surface area contributed by atoms with Crippen molar-refractivity contribution >= 4 is 11.9 Å². The zero-order valence-corrected chi connectivity index (χ0v) is 16.2. The Labute approximate surface area is 164 Å². The van der Waals surface area contributed by atoms with Gasteiger partial charge < -0.3 is 15.2 Å². The fraction of sp³-hybridized carbons (Fsp3) is 0.636. The average molecular weight is 389 g/mol. The van der Waals surface area contributed by atoms with E-state index in [0.717, 1.165) is 37.7 Å². The highest BCUT2D eigenvalue weighted by atomic mass is 19.1. The molecule has 0 aromatic heterocycles. The summed E-state index contributed by atoms with van der Waals surface area (Å²) in [5, 5.41) is 13.6. The number of esters is 1. The molecule has 28 heavy (non-hydrogen) atoms. The summed E-state index contributed by atoms with van der Waals surface area (Å²) in [7, 11) is 0. The van der Waals surface area contributed by atoms with E-state index in [1.54, 1.807) is 19.1 Å². The van der Waals surface area contributed by atoms with Crippen molar-refractivity contribution in [2.75, 3.05) is 6.54 Å². The van der Waals surface area contributed by atoms with Gasteiger partial charge in [0, 0.05) is 6.54 Å². The second-order valence-corrected chi connectivity index (χ2v) is 9.18. The first-order valence-corrected chi connectivity index (χ1v) is 10.2. The van der Waals surface area contributed by atoms with Crippen LogP contribution < -0.4 is 5.32 Å². The molecule has 0 spiro atoms. The summed E-state index contributed by atoms with van der Waals surface area (Å²) in [6, 6.07) is 6.15. The van der Waals surface area contributed by atoms with Crippen LogP contribution in [0.1, 0.15) is 51.0 Å². The van der Waals surface area contributed by atoms with Gasteiger partial charge in [-0.05, 0) is 81.4 Å². The third kappa shape index (κ3) is 3.79. The van der Waals surface area contributed by atoms with E-state index in [0.29, 0.717) is 31.2 Å². The molecule has 1 aromatic carbocycles. The van der Waals surface area contributed by atoms with Crippen molar-refractivity contribution in [3.63, 3.8) is 0 Å². The standard InChI is InChI=1S/C22H28FNO4/c1-14(19(25)24-7-6-15-2-4-18(23)5-3-15)28-20(26)21-9-16-8-17(10-21)12-22(27,11-16)13-21/h2-5,14,16-17,27H,6-13H2,1H3,(H,24,25)/t14-,16-,17+,21?,22?/m0/s1. The molecule has 4 fully saturated rings. The number of benzene rings is 1. The van der Waals surface area contributed by atoms with E-state index in [4.69, 9.17) is 4.74 Å². The van der Waals surface area contributed by atoms with Gasteiger partial charge in [0.15, 0.2) is 6.10 Å². The number of halogens is 1. The smallest absolute Gasteiger partial charge is 0.312 e. The quantitative estimate of drug-likeness (QED) is 0.734. The SMILES string of the molecule is C[C@H](OC(=O)C12C[C@@H]3C[C@@H](CC(O)(C3)C1)C2)C(=O)NCCc1ccc(F)cc1. The molecule has 4 saturated carbocycles. The molecule has 4 aliphatic rings. The Morgan fingerprint density at radius 3 is 2.46 bits per heavy atom. The molecule has 2 unspecified atom stereocenters. The lowest BCUT2D eigenvalue weighted by Crippen LogP contribution is -2.59. The third-order valence-electron chi connectivity index (χ3n) is 6.74. The minimum atomic E-state index is -0.872. The predicted molar refractivity (Wildman–Crippen MR) is 101 cm³/mol. The molecular formula is C22H28FNO4. The van der Waals surface area contributed by atoms with Crippen LogP contribution in [0.4, 0.5) is 4.39 Å². The summed E-state index contributed by atoms with van der Waals surface area (Å²) in [4.78, 5) is 25.2. The number of hydrogen-bond acceptors (Lipinski definition) is 4. The maximum absolute atomic E-state index is 12.9. The van der Waals surface area contributed by atoms with Crippen LogP contribution in [0, 0.1) is 23.1 Å². The van der Waals surface area contributed by atoms with Gasteiger partial charge in [-0.15, -0.1) is 0 Å². The van der Waals surface area contributed by atoms with Gasteiger partial charge in [0.05, 0.1) is 11.0 Å². The first-order chi connectivity index (χ1) is 13.3. The van der Waals surface area contributed by atoms with Crippen LogP contribution in [-0.2, 0) is 20.7 Å². The highest BCUT2D eigenvalue weighted by Gasteiger charge is 2.61. The van der Waals surface area contributed by atoms with Gasteiger partial charge in [-0.3, -0.25) is 9.59 Å². The minimum Gasteiger partial charge on any atom is -0.452 e. The summed E-state index contributed by atoms with van der Waals surface area (Å²) >= 11 is 0. The van der Waals surface area contributed by atoms with Gasteiger partial charge in [0.2, 0.25) is 0 Å². The van der Waals surface area contributed by atoms with Crippen molar-refractivity contribution in [2.24, 2.45) is 17.3 Å². The van der Waals surface area contributed by atoms with Crippen LogP contribution >= 0.6 is 0 Å². The molecular weight excluding hydrogens is 361 g/mol. The zero-order chi connectivity index (χ0) is 19.9. The first kappa shape index (κ1) is 19.4. The fourth-order valence-corrected chi connectivity index (χ4v) is 5.92. The molecule has 5 rings (SSSR count). The molecule has 6 heteroatoms. The van der Waals surface area contributed by atoms with Gasteiger partial charge in [0.25, 0.3) is 5.91 Å². The molecule has 0 saturated heterocycles. The van der Waals surface area contributed by atoms with Crippen LogP contribution in [0.3, 0.4) is 0 Å². The summed E-state index contributed by atoms with van der Waals surface area (Å²) in [6.07, 6.45) is 4.38. The molecule has 2 N–H and O–H groups in total. The number of amides is 1. The van der Waals surface area contributed by atoms with Crippen molar-refractivity contribution in [1.29, 1.82) is 0 Å². The molecule has 1 amide bonds. The van der Waals surface area contributed by atoms with Crippen LogP contribution in [-0.4, -0.2) is 35.2 Å². The van der Waals surface area contributed by atoms with E-state index in [1.807, 2.05) is 0 Å². The number of nitrogens with one attached hydrogen (secondary N) is 1. The summed E-state index contributed by atoms with van der Waals surface area (Å²) in [6.45, 7) is 1.97. The third-order valence-corrected chi connectivity index (χ3v) is 6.74. The molecule has 4 bridgehead atoms. The maximum atomic E-state index is 12.9. The number of carbonyl (C=O) groups excluding carboxylic acids is 2. The van der Waals surface area contributed by atoms with E-state index in [-0.39, 0.29) is 17.7 Å². The van der Waals surface area contributed by atoms with Gasteiger partial charge in [0.1, 0.15) is 5.82 Å². The molecule has 5 nitrogen and oxygen atoms in total. The Kier molecular flexibility index (Phi) is 4.94. The summed E-state index contributed by atoms with van der Waals surface area (Å²) in [5.74, 6) is -0.181. The van der Waals surface area contributed by atoms with E-state index in [9.17, 15) is 19.1 Å². The Morgan fingerprint density at radius 1 is 1.21 bits per heavy atom. The van der Waals surface area contributed by atoms with Crippen LogP contribution in [0.25, 0.3) is 0 Å². The number of carbonyl (C=O) groups is 2. The van der Waals surface area contributed by atoms with Gasteiger partial charge in [-0.25, -0.2) is 4.39 Å². The normalized spacial score (nSPS) is 34.1. The number of ether oxygens (including phenoxy) is 1. The predicted octanol–water partition coefficient (Wildman–Crippen LogP) is 2.75. The number of rotatable bonds is 6. The van der Waals surface area contributed by atoms with Crippen molar-refractivity contribution in [1.82, 2.24) is 5.32 Å². The summed E-state index contributed by atoms with van der Waals surface area (Å²) in [5.41, 5.74) is -0.432. The topological polar surface area (TPSA) is 75.6 Å². The Hall–Kier alpha value is -1.95. The highest BCUT2D eigenvalue weighted by Crippen LogP contribution is 2.62. The van der Waals surface area contributed by atoms with Crippen LogP contribution in [0.2, 0.25) is 0 Å². The first-order valence-electron chi connectivity index (χ1n) is 10.2. The lowest BCUT2D eigenvalue weighted by atomic mass is 9.48. The number of hydrogen-bond donors (Lipinski definition) is 2. The van der Waals surface area contributed by atoms with Crippen molar-refractivity contribution < 1.29 is 23.8 Å². The van der Waals surface area contributed by atoms with Crippen molar-refractivity contribution in [2.45, 2.75) is 63.6 Å². The lowest BCUT2D eigenvalue weighted by molar-refractivity contribution is -0.200. The Morgan fingerprint density at radius 2 is 1.86 bits per heavy atom. The minimum absolute atomic E-state index is 0.289. The van der Waals surface area contributed by atoms with E-state index in [1.165, 1.54) is 12.1 Å². The molecule has 4 aliphatic carbocycles. The van der Waals surface area contributed by atoms with E-state index < -0.39 is 17.1 Å². The second kappa shape index (κ2) is 7.14. The molecule has 152 valence electrons. The Balaban J connectivity index is 1.29. The molecule has 0 aliphatic heterocycles. The zero-order valence-electron chi connectivity index (χ0n) is 16.2. The molecule has 5 atom stereocenters. The lowest BCUT2D eigenvalue weighted by Gasteiger charge is -2.58. The van der Waals surface area contributed by atoms with Gasteiger partial charge in [-0.1, -0.05) is 12.1 Å². The molecule has 0 heterocycles. The maximum Gasteiger partial charge on any atom is 0.312 e. The van der Waals surface area contributed by atoms with Crippen LogP contribution in [0.5, 0.6) is 0 Å². The van der Waals surface area contributed by atoms with Gasteiger partial charge in [-0.2, -0.15) is 0 Å². The Bertz CT molecular complexity index is 748. The van der Waals surface area contributed by atoms with Crippen molar-refractivity contribution in [3.8, 4) is 0 Å². The fourth-order valence-electron chi connectivity index (χ4n) is 5.92. The van der Waals surface area contributed by atoms with E-state index in [2.05, 4.69) is 5.32 Å². The van der Waals surface area contributed by atoms with Crippen molar-refractivity contribution in [3.05, 3.63) is 35.6 Å². The largest absolute Gasteiger partial charge is 0.452 e. The van der Waals surface area contributed by atoms with Gasteiger partial charge >= 0.3 is 5.97 Å². The highest BCUT2D eigenvalue weighted by molar-refractivity contribution is 5.85. The number of aliphatic hydroxyl groups is 1.